The summed E-state index contributed by atoms with van der Waals surface area (Å²) in [5, 5.41) is 4.56. The molecule has 1 aliphatic rings. The molecule has 0 spiro atoms. The smallest absolute Gasteiger partial charge is 0.159 e. The van der Waals surface area contributed by atoms with E-state index in [0.29, 0.717) is 0 Å². The lowest BCUT2D eigenvalue weighted by atomic mass is 9.82. The van der Waals surface area contributed by atoms with Gasteiger partial charge in [-0.25, -0.2) is 0 Å². The fourth-order valence-corrected chi connectivity index (χ4v) is 7.48. The molecule has 1 aliphatic carbocycles. The van der Waals surface area contributed by atoms with E-state index < -0.39 is 0 Å². The van der Waals surface area contributed by atoms with E-state index in [1.807, 2.05) is 0 Å². The highest BCUT2D eigenvalue weighted by Crippen LogP contribution is 2.52. The second-order valence-electron chi connectivity index (χ2n) is 12.5. The number of rotatable bonds is 4. The fraction of sp³-hybridized carbons (Fsp3) is 0.0698. The van der Waals surface area contributed by atoms with Crippen molar-refractivity contribution in [2.45, 2.75) is 19.3 Å². The third kappa shape index (κ3) is 3.82. The summed E-state index contributed by atoms with van der Waals surface area (Å²) in [6, 6.07) is 54.5. The molecule has 0 saturated carbocycles. The van der Waals surface area contributed by atoms with Gasteiger partial charge in [0.05, 0.1) is 5.69 Å². The molecule has 2 nitrogen and oxygen atoms in total. The van der Waals surface area contributed by atoms with Gasteiger partial charge in [-0.15, -0.1) is 0 Å². The van der Waals surface area contributed by atoms with E-state index in [0.717, 1.165) is 44.4 Å². The number of anilines is 3. The van der Waals surface area contributed by atoms with E-state index in [9.17, 15) is 0 Å². The Hall–Kier alpha value is -5.60. The van der Waals surface area contributed by atoms with Crippen molar-refractivity contribution in [1.29, 1.82) is 0 Å². The first-order valence-corrected chi connectivity index (χ1v) is 15.6. The van der Waals surface area contributed by atoms with E-state index in [-0.39, 0.29) is 5.41 Å². The van der Waals surface area contributed by atoms with Gasteiger partial charge in [0.1, 0.15) is 5.58 Å². The van der Waals surface area contributed by atoms with Crippen LogP contribution in [0.4, 0.5) is 17.1 Å². The molecular weight excluding hydrogens is 546 g/mol. The molecule has 0 atom stereocenters. The molecule has 0 saturated heterocycles. The molecule has 0 radical (unpaired) electrons. The maximum absolute atomic E-state index is 6.78. The van der Waals surface area contributed by atoms with Gasteiger partial charge in [0.2, 0.25) is 0 Å². The minimum absolute atomic E-state index is 0.0252. The number of nitrogens with zero attached hydrogens (tertiary/aromatic N) is 1. The largest absolute Gasteiger partial charge is 0.453 e. The van der Waals surface area contributed by atoms with Crippen molar-refractivity contribution in [2.75, 3.05) is 4.90 Å². The summed E-state index contributed by atoms with van der Waals surface area (Å²) >= 11 is 0. The van der Waals surface area contributed by atoms with E-state index in [1.54, 1.807) is 0 Å². The van der Waals surface area contributed by atoms with Crippen molar-refractivity contribution in [3.8, 4) is 22.3 Å². The molecule has 9 rings (SSSR count). The fourth-order valence-electron chi connectivity index (χ4n) is 7.48. The molecule has 0 bridgehead atoms. The molecule has 7 aromatic carbocycles. The van der Waals surface area contributed by atoms with E-state index in [2.05, 4.69) is 170 Å². The van der Waals surface area contributed by atoms with Crippen LogP contribution in [-0.2, 0) is 5.41 Å². The topological polar surface area (TPSA) is 16.4 Å². The minimum atomic E-state index is -0.0252. The molecule has 0 N–H and O–H groups in total. The first kappa shape index (κ1) is 25.9. The molecule has 45 heavy (non-hydrogen) atoms. The monoisotopic (exact) mass is 577 g/mol. The number of para-hydroxylation sites is 2. The average molecular weight is 578 g/mol. The van der Waals surface area contributed by atoms with Gasteiger partial charge in [0, 0.05) is 32.9 Å². The van der Waals surface area contributed by atoms with Crippen LogP contribution in [0.15, 0.2) is 156 Å². The van der Waals surface area contributed by atoms with Crippen molar-refractivity contribution in [1.82, 2.24) is 0 Å². The Morgan fingerprint density at radius 1 is 0.467 bits per heavy atom. The highest BCUT2D eigenvalue weighted by atomic mass is 16.3. The molecule has 8 aromatic rings. The van der Waals surface area contributed by atoms with Gasteiger partial charge in [-0.05, 0) is 75.2 Å². The van der Waals surface area contributed by atoms with Gasteiger partial charge < -0.3 is 9.32 Å². The Bertz CT molecular complexity index is 2400. The molecular formula is C43H31NO. The molecule has 2 heteroatoms. The van der Waals surface area contributed by atoms with Crippen molar-refractivity contribution >= 4 is 49.8 Å². The maximum atomic E-state index is 6.78. The molecule has 1 aromatic heterocycles. The van der Waals surface area contributed by atoms with Gasteiger partial charge in [0.25, 0.3) is 0 Å². The molecule has 0 fully saturated rings. The van der Waals surface area contributed by atoms with Crippen LogP contribution < -0.4 is 4.90 Å². The van der Waals surface area contributed by atoms with Crippen LogP contribution in [-0.4, -0.2) is 0 Å². The summed E-state index contributed by atoms with van der Waals surface area (Å²) in [4.78, 5) is 2.31. The van der Waals surface area contributed by atoms with E-state index in [4.69, 9.17) is 4.42 Å². The van der Waals surface area contributed by atoms with Gasteiger partial charge in [0.15, 0.2) is 5.58 Å². The minimum Gasteiger partial charge on any atom is -0.453 e. The first-order chi connectivity index (χ1) is 22.1. The molecule has 214 valence electrons. The molecule has 0 unspecified atom stereocenters. The average Bonchev–Trinajstić information content (AvgIpc) is 3.59. The number of furan rings is 1. The Morgan fingerprint density at radius 3 is 1.98 bits per heavy atom. The maximum Gasteiger partial charge on any atom is 0.159 e. The summed E-state index contributed by atoms with van der Waals surface area (Å²) < 4.78 is 6.78. The van der Waals surface area contributed by atoms with Gasteiger partial charge in [-0.1, -0.05) is 129 Å². The zero-order valence-corrected chi connectivity index (χ0v) is 25.3. The standard InChI is InChI=1S/C43H31NO/c1-43(2)37-19-9-8-16-36(37)40-32(17-10-20-38(40)43)29-22-25-31(26-23-29)44(30-13-4-3-5-14-30)39-21-11-18-34-35-27-24-28-12-6-7-15-33(28)41(35)45-42(34)39/h3-27H,1-2H3. The molecule has 0 aliphatic heterocycles. The molecule has 0 amide bonds. The quantitative estimate of drug-likeness (QED) is 0.207. The zero-order valence-electron chi connectivity index (χ0n) is 25.3. The van der Waals surface area contributed by atoms with Crippen molar-refractivity contribution < 1.29 is 4.42 Å². The van der Waals surface area contributed by atoms with Crippen LogP contribution >= 0.6 is 0 Å². The Balaban J connectivity index is 1.21. The number of fused-ring (bicyclic) bond motifs is 8. The van der Waals surface area contributed by atoms with Crippen LogP contribution in [0.3, 0.4) is 0 Å². The summed E-state index contributed by atoms with van der Waals surface area (Å²) in [6.45, 7) is 4.67. The summed E-state index contributed by atoms with van der Waals surface area (Å²) in [5.41, 5.74) is 12.9. The van der Waals surface area contributed by atoms with Crippen LogP contribution in [0.2, 0.25) is 0 Å². The Morgan fingerprint density at radius 2 is 1.11 bits per heavy atom. The van der Waals surface area contributed by atoms with Crippen molar-refractivity contribution in [2.24, 2.45) is 0 Å². The Labute approximate surface area is 262 Å². The van der Waals surface area contributed by atoms with Crippen LogP contribution in [0.1, 0.15) is 25.0 Å². The third-order valence-electron chi connectivity index (χ3n) is 9.67. The number of benzene rings is 7. The predicted molar refractivity (Wildman–Crippen MR) is 189 cm³/mol. The lowest BCUT2D eigenvalue weighted by Gasteiger charge is -2.26. The third-order valence-corrected chi connectivity index (χ3v) is 9.67. The second kappa shape index (κ2) is 9.70. The summed E-state index contributed by atoms with van der Waals surface area (Å²) in [7, 11) is 0. The van der Waals surface area contributed by atoms with E-state index >= 15 is 0 Å². The number of hydrogen-bond acceptors (Lipinski definition) is 2. The zero-order chi connectivity index (χ0) is 30.1. The summed E-state index contributed by atoms with van der Waals surface area (Å²) in [6.07, 6.45) is 0. The lowest BCUT2D eigenvalue weighted by Crippen LogP contribution is -2.14. The van der Waals surface area contributed by atoms with Crippen molar-refractivity contribution in [3.63, 3.8) is 0 Å². The van der Waals surface area contributed by atoms with Crippen LogP contribution in [0, 0.1) is 0 Å². The van der Waals surface area contributed by atoms with Gasteiger partial charge in [-0.2, -0.15) is 0 Å². The van der Waals surface area contributed by atoms with Crippen LogP contribution in [0.25, 0.3) is 55.0 Å². The lowest BCUT2D eigenvalue weighted by molar-refractivity contribution is 0.660. The predicted octanol–water partition coefficient (Wildman–Crippen LogP) is 12.2. The second-order valence-corrected chi connectivity index (χ2v) is 12.5. The van der Waals surface area contributed by atoms with E-state index in [1.165, 1.54) is 38.8 Å². The van der Waals surface area contributed by atoms with Gasteiger partial charge >= 0.3 is 0 Å². The van der Waals surface area contributed by atoms with Crippen LogP contribution in [0.5, 0.6) is 0 Å². The van der Waals surface area contributed by atoms with Crippen molar-refractivity contribution in [3.05, 3.63) is 163 Å². The highest BCUT2D eigenvalue weighted by Gasteiger charge is 2.36. The Kier molecular flexibility index (Phi) is 5.58. The number of hydrogen-bond donors (Lipinski definition) is 0. The normalized spacial score (nSPS) is 13.3. The summed E-state index contributed by atoms with van der Waals surface area (Å²) in [5.74, 6) is 0. The molecule has 1 heterocycles. The highest BCUT2D eigenvalue weighted by molar-refractivity contribution is 6.17. The van der Waals surface area contributed by atoms with Gasteiger partial charge in [-0.3, -0.25) is 0 Å². The first-order valence-electron chi connectivity index (χ1n) is 15.6. The SMILES string of the molecule is CC1(C)c2ccccc2-c2c(-c3ccc(N(c4ccccc4)c4cccc5c4oc4c6ccccc6ccc54)cc3)cccc21.